The lowest BCUT2D eigenvalue weighted by Crippen LogP contribution is -2.33. The van der Waals surface area contributed by atoms with Gasteiger partial charge in [0.15, 0.2) is 0 Å². The minimum Gasteiger partial charge on any atom is -0.497 e. The first-order valence-corrected chi connectivity index (χ1v) is 7.55. The minimum absolute atomic E-state index is 0.0210. The molecule has 0 aliphatic carbocycles. The zero-order valence-corrected chi connectivity index (χ0v) is 13.3. The second kappa shape index (κ2) is 7.89. The fourth-order valence-corrected chi connectivity index (χ4v) is 2.24. The van der Waals surface area contributed by atoms with Gasteiger partial charge in [-0.15, -0.1) is 0 Å². The maximum absolute atomic E-state index is 12.0. The van der Waals surface area contributed by atoms with Crippen molar-refractivity contribution in [2.75, 3.05) is 32.2 Å². The second-order valence-electron chi connectivity index (χ2n) is 5.59. The van der Waals surface area contributed by atoms with Gasteiger partial charge in [0.25, 0.3) is 0 Å². The summed E-state index contributed by atoms with van der Waals surface area (Å²) in [6.07, 6.45) is 1.01. The Kier molecular flexibility index (Phi) is 5.89. The Balaban J connectivity index is 1.97. The molecule has 6 nitrogen and oxygen atoms in total. The average Bonchev–Trinajstić information content (AvgIpc) is 3.00. The molecule has 0 spiro atoms. The third-order valence-corrected chi connectivity index (χ3v) is 3.37. The summed E-state index contributed by atoms with van der Waals surface area (Å²) in [5.74, 6) is 1.67. The number of rotatable bonds is 6. The third-order valence-electron chi connectivity index (χ3n) is 3.37. The summed E-state index contributed by atoms with van der Waals surface area (Å²) < 4.78 is 16.2. The number of hydrogen-bond acceptors (Lipinski definition) is 4. The Morgan fingerprint density at radius 3 is 2.91 bits per heavy atom. The van der Waals surface area contributed by atoms with Crippen LogP contribution in [0.15, 0.2) is 18.2 Å². The fourth-order valence-electron chi connectivity index (χ4n) is 2.24. The van der Waals surface area contributed by atoms with E-state index in [1.807, 2.05) is 13.8 Å². The van der Waals surface area contributed by atoms with Gasteiger partial charge in [-0.05, 0) is 32.4 Å². The quantitative estimate of drug-likeness (QED) is 0.847. The molecule has 1 aliphatic rings. The monoisotopic (exact) mass is 308 g/mol. The van der Waals surface area contributed by atoms with E-state index in [0.29, 0.717) is 36.3 Å². The van der Waals surface area contributed by atoms with Crippen LogP contribution in [0.1, 0.15) is 20.3 Å². The Hall–Kier alpha value is -1.95. The Morgan fingerprint density at radius 2 is 2.27 bits per heavy atom. The SMILES string of the molecule is COc1ccc(OC(C)C)c(NC(=O)NC[C@@H]2CCOC2)c1. The van der Waals surface area contributed by atoms with E-state index in [4.69, 9.17) is 14.2 Å². The summed E-state index contributed by atoms with van der Waals surface area (Å²) in [5.41, 5.74) is 0.591. The Labute approximate surface area is 131 Å². The van der Waals surface area contributed by atoms with Crippen LogP contribution in [0.2, 0.25) is 0 Å². The Morgan fingerprint density at radius 1 is 1.45 bits per heavy atom. The van der Waals surface area contributed by atoms with E-state index in [1.165, 1.54) is 0 Å². The van der Waals surface area contributed by atoms with Crippen molar-refractivity contribution in [3.63, 3.8) is 0 Å². The van der Waals surface area contributed by atoms with Crippen LogP contribution in [-0.4, -0.2) is 39.0 Å². The van der Waals surface area contributed by atoms with Gasteiger partial charge in [-0.25, -0.2) is 4.79 Å². The number of carbonyl (C=O) groups excluding carboxylic acids is 1. The van der Waals surface area contributed by atoms with Crippen LogP contribution in [0.3, 0.4) is 0 Å². The number of amides is 2. The van der Waals surface area contributed by atoms with Gasteiger partial charge < -0.3 is 24.8 Å². The van der Waals surface area contributed by atoms with Crippen molar-refractivity contribution in [3.05, 3.63) is 18.2 Å². The molecule has 22 heavy (non-hydrogen) atoms. The highest BCUT2D eigenvalue weighted by molar-refractivity contribution is 5.91. The molecule has 1 aromatic carbocycles. The summed E-state index contributed by atoms with van der Waals surface area (Å²) in [7, 11) is 1.59. The maximum atomic E-state index is 12.0. The van der Waals surface area contributed by atoms with Gasteiger partial charge in [0.2, 0.25) is 0 Å². The van der Waals surface area contributed by atoms with Crippen molar-refractivity contribution in [1.29, 1.82) is 0 Å². The van der Waals surface area contributed by atoms with Crippen molar-refractivity contribution in [2.45, 2.75) is 26.4 Å². The number of anilines is 1. The zero-order valence-electron chi connectivity index (χ0n) is 13.3. The predicted molar refractivity (Wildman–Crippen MR) is 84.7 cm³/mol. The van der Waals surface area contributed by atoms with E-state index < -0.39 is 0 Å². The largest absolute Gasteiger partial charge is 0.497 e. The molecule has 1 aliphatic heterocycles. The van der Waals surface area contributed by atoms with Crippen LogP contribution in [0.25, 0.3) is 0 Å². The van der Waals surface area contributed by atoms with Gasteiger partial charge in [-0.2, -0.15) is 0 Å². The third kappa shape index (κ3) is 4.80. The molecule has 1 fully saturated rings. The first-order valence-electron chi connectivity index (χ1n) is 7.55. The minimum atomic E-state index is -0.256. The molecule has 122 valence electrons. The fraction of sp³-hybridized carbons (Fsp3) is 0.562. The summed E-state index contributed by atoms with van der Waals surface area (Å²) in [4.78, 5) is 12.0. The number of methoxy groups -OCH3 is 1. The van der Waals surface area contributed by atoms with E-state index in [1.54, 1.807) is 25.3 Å². The molecule has 1 aromatic rings. The molecule has 6 heteroatoms. The molecule has 1 atom stereocenters. The van der Waals surface area contributed by atoms with E-state index >= 15 is 0 Å². The van der Waals surface area contributed by atoms with E-state index in [2.05, 4.69) is 10.6 Å². The van der Waals surface area contributed by atoms with Gasteiger partial charge in [0, 0.05) is 25.1 Å². The van der Waals surface area contributed by atoms with Gasteiger partial charge in [0.05, 0.1) is 25.5 Å². The average molecular weight is 308 g/mol. The molecule has 2 N–H and O–H groups in total. The molecule has 0 bridgehead atoms. The van der Waals surface area contributed by atoms with Crippen LogP contribution in [0.5, 0.6) is 11.5 Å². The molecule has 0 aromatic heterocycles. The molecule has 0 saturated carbocycles. The molecule has 2 amide bonds. The number of ether oxygens (including phenoxy) is 3. The molecular weight excluding hydrogens is 284 g/mol. The highest BCUT2D eigenvalue weighted by atomic mass is 16.5. The zero-order chi connectivity index (χ0) is 15.9. The lowest BCUT2D eigenvalue weighted by molar-refractivity contribution is 0.185. The molecule has 0 radical (unpaired) electrons. The highest BCUT2D eigenvalue weighted by Gasteiger charge is 2.17. The molecule has 1 heterocycles. The van der Waals surface area contributed by atoms with Crippen LogP contribution in [0.4, 0.5) is 10.5 Å². The number of carbonyl (C=O) groups is 1. The van der Waals surface area contributed by atoms with Gasteiger partial charge >= 0.3 is 6.03 Å². The molecule has 0 unspecified atom stereocenters. The summed E-state index contributed by atoms with van der Waals surface area (Å²) in [6, 6.07) is 5.08. The number of nitrogens with one attached hydrogen (secondary N) is 2. The Bertz CT molecular complexity index is 499. The van der Waals surface area contributed by atoms with Crippen molar-refractivity contribution in [3.8, 4) is 11.5 Å². The lowest BCUT2D eigenvalue weighted by Gasteiger charge is -2.17. The van der Waals surface area contributed by atoms with Crippen molar-refractivity contribution in [2.24, 2.45) is 5.92 Å². The summed E-state index contributed by atoms with van der Waals surface area (Å²) in [6.45, 7) is 5.97. The maximum Gasteiger partial charge on any atom is 0.319 e. The lowest BCUT2D eigenvalue weighted by atomic mass is 10.1. The van der Waals surface area contributed by atoms with E-state index in [-0.39, 0.29) is 12.1 Å². The van der Waals surface area contributed by atoms with Gasteiger partial charge in [0.1, 0.15) is 11.5 Å². The van der Waals surface area contributed by atoms with Crippen molar-refractivity contribution in [1.82, 2.24) is 5.32 Å². The highest BCUT2D eigenvalue weighted by Crippen LogP contribution is 2.30. The van der Waals surface area contributed by atoms with Gasteiger partial charge in [-0.1, -0.05) is 0 Å². The molecular formula is C16H24N2O4. The smallest absolute Gasteiger partial charge is 0.319 e. The number of benzene rings is 1. The van der Waals surface area contributed by atoms with Crippen LogP contribution >= 0.6 is 0 Å². The topological polar surface area (TPSA) is 68.8 Å². The molecule has 2 rings (SSSR count). The standard InChI is InChI=1S/C16H24N2O4/c1-11(2)22-15-5-4-13(20-3)8-14(15)18-16(19)17-9-12-6-7-21-10-12/h4-5,8,11-12H,6-7,9-10H2,1-3H3,(H2,17,18,19)/t12-/m0/s1. The first kappa shape index (κ1) is 16.4. The van der Waals surface area contributed by atoms with Crippen LogP contribution in [0, 0.1) is 5.92 Å². The summed E-state index contributed by atoms with van der Waals surface area (Å²) in [5, 5.41) is 5.68. The van der Waals surface area contributed by atoms with Crippen LogP contribution in [-0.2, 0) is 4.74 Å². The summed E-state index contributed by atoms with van der Waals surface area (Å²) >= 11 is 0. The van der Waals surface area contributed by atoms with E-state index in [0.717, 1.165) is 13.0 Å². The molecule has 1 saturated heterocycles. The number of hydrogen-bond donors (Lipinski definition) is 2. The normalized spacial score (nSPS) is 17.4. The predicted octanol–water partition coefficient (Wildman–Crippen LogP) is 2.64. The van der Waals surface area contributed by atoms with E-state index in [9.17, 15) is 4.79 Å². The first-order chi connectivity index (χ1) is 10.6. The van der Waals surface area contributed by atoms with Crippen molar-refractivity contribution < 1.29 is 19.0 Å². The van der Waals surface area contributed by atoms with Crippen LogP contribution < -0.4 is 20.1 Å². The van der Waals surface area contributed by atoms with Crippen molar-refractivity contribution >= 4 is 11.7 Å². The second-order valence-corrected chi connectivity index (χ2v) is 5.59. The van der Waals surface area contributed by atoms with Gasteiger partial charge in [-0.3, -0.25) is 0 Å². The number of urea groups is 1.